The Balaban J connectivity index is 2.56. The number of carbonyl (C=O) groups is 1. The van der Waals surface area contributed by atoms with Gasteiger partial charge in [0, 0.05) is 24.8 Å². The molecule has 3 nitrogen and oxygen atoms in total. The van der Waals surface area contributed by atoms with Crippen LogP contribution < -0.4 is 9.64 Å². The molecule has 1 aromatic rings. The second-order valence-electron chi connectivity index (χ2n) is 3.52. The highest BCUT2D eigenvalue weighted by Crippen LogP contribution is 2.40. The van der Waals surface area contributed by atoms with E-state index in [1.807, 2.05) is 25.2 Å². The van der Waals surface area contributed by atoms with Gasteiger partial charge in [0.05, 0.1) is 13.0 Å². The largest absolute Gasteiger partial charge is 0.496 e. The quantitative estimate of drug-likeness (QED) is 0.662. The van der Waals surface area contributed by atoms with Gasteiger partial charge >= 0.3 is 0 Å². The number of fused-ring (bicyclic) bond motifs is 1. The normalized spacial score (nSPS) is 19.3. The molecule has 1 heterocycles. The van der Waals surface area contributed by atoms with E-state index in [0.29, 0.717) is 0 Å². The van der Waals surface area contributed by atoms with Crippen LogP contribution in [0.5, 0.6) is 5.75 Å². The SMILES string of the molecule is COc1cccc2c1C(C=O)CN2C. The molecule has 0 saturated heterocycles. The van der Waals surface area contributed by atoms with E-state index in [1.54, 1.807) is 7.11 Å². The summed E-state index contributed by atoms with van der Waals surface area (Å²) in [7, 11) is 3.62. The van der Waals surface area contributed by atoms with Crippen molar-refractivity contribution in [3.05, 3.63) is 23.8 Å². The zero-order valence-electron chi connectivity index (χ0n) is 8.36. The van der Waals surface area contributed by atoms with Crippen LogP contribution in [0.3, 0.4) is 0 Å². The van der Waals surface area contributed by atoms with Gasteiger partial charge in [0.2, 0.25) is 0 Å². The van der Waals surface area contributed by atoms with E-state index < -0.39 is 0 Å². The van der Waals surface area contributed by atoms with E-state index in [-0.39, 0.29) is 5.92 Å². The van der Waals surface area contributed by atoms with E-state index in [4.69, 9.17) is 4.74 Å². The lowest BCUT2D eigenvalue weighted by molar-refractivity contribution is -0.108. The average molecular weight is 191 g/mol. The summed E-state index contributed by atoms with van der Waals surface area (Å²) in [6.45, 7) is 0.749. The number of hydrogen-bond acceptors (Lipinski definition) is 3. The molecule has 0 bridgehead atoms. The minimum Gasteiger partial charge on any atom is -0.496 e. The maximum absolute atomic E-state index is 10.9. The van der Waals surface area contributed by atoms with Crippen LogP contribution in [0.15, 0.2) is 18.2 Å². The summed E-state index contributed by atoms with van der Waals surface area (Å²) >= 11 is 0. The molecule has 0 radical (unpaired) electrons. The molecule has 0 N–H and O–H groups in total. The minimum absolute atomic E-state index is 0.0499. The summed E-state index contributed by atoms with van der Waals surface area (Å²) in [6.07, 6.45) is 0.991. The predicted octanol–water partition coefficient (Wildman–Crippen LogP) is 1.43. The Bertz CT molecular complexity index is 362. The van der Waals surface area contributed by atoms with Crippen molar-refractivity contribution in [3.8, 4) is 5.75 Å². The summed E-state index contributed by atoms with van der Waals surface area (Å²) in [4.78, 5) is 13.0. The number of hydrogen-bond donors (Lipinski definition) is 0. The molecule has 74 valence electrons. The van der Waals surface area contributed by atoms with Crippen LogP contribution in [0.25, 0.3) is 0 Å². The van der Waals surface area contributed by atoms with E-state index in [1.165, 1.54) is 0 Å². The number of anilines is 1. The summed E-state index contributed by atoms with van der Waals surface area (Å²) in [5.41, 5.74) is 2.12. The molecule has 2 rings (SSSR count). The number of likely N-dealkylation sites (N-methyl/N-ethyl adjacent to an activating group) is 1. The first-order valence-corrected chi connectivity index (χ1v) is 4.61. The van der Waals surface area contributed by atoms with Crippen molar-refractivity contribution in [2.24, 2.45) is 0 Å². The fraction of sp³-hybridized carbons (Fsp3) is 0.364. The van der Waals surface area contributed by atoms with Crippen LogP contribution in [0.2, 0.25) is 0 Å². The highest BCUT2D eigenvalue weighted by Gasteiger charge is 2.28. The molecule has 0 aliphatic carbocycles. The zero-order chi connectivity index (χ0) is 10.1. The Morgan fingerprint density at radius 3 is 3.00 bits per heavy atom. The summed E-state index contributed by atoms with van der Waals surface area (Å²) in [5, 5.41) is 0. The first kappa shape index (κ1) is 9.06. The van der Waals surface area contributed by atoms with Crippen molar-refractivity contribution >= 4 is 12.0 Å². The minimum atomic E-state index is -0.0499. The molecule has 1 unspecified atom stereocenters. The first-order valence-electron chi connectivity index (χ1n) is 4.61. The number of aldehydes is 1. The summed E-state index contributed by atoms with van der Waals surface area (Å²) in [5.74, 6) is 0.759. The van der Waals surface area contributed by atoms with Crippen LogP contribution in [-0.4, -0.2) is 27.0 Å². The summed E-state index contributed by atoms with van der Waals surface area (Å²) in [6, 6.07) is 5.86. The molecular formula is C11H13NO2. The average Bonchev–Trinajstić information content (AvgIpc) is 2.56. The molecule has 0 saturated carbocycles. The van der Waals surface area contributed by atoms with E-state index in [0.717, 1.165) is 29.8 Å². The highest BCUT2D eigenvalue weighted by atomic mass is 16.5. The van der Waals surface area contributed by atoms with Gasteiger partial charge in [-0.05, 0) is 12.1 Å². The van der Waals surface area contributed by atoms with Crippen LogP contribution in [0, 0.1) is 0 Å². The molecule has 0 aromatic heterocycles. The van der Waals surface area contributed by atoms with Crippen molar-refractivity contribution in [1.82, 2.24) is 0 Å². The Morgan fingerprint density at radius 1 is 1.57 bits per heavy atom. The van der Waals surface area contributed by atoms with Gasteiger partial charge in [-0.3, -0.25) is 0 Å². The van der Waals surface area contributed by atoms with Gasteiger partial charge in [-0.2, -0.15) is 0 Å². The Morgan fingerprint density at radius 2 is 2.36 bits per heavy atom. The van der Waals surface area contributed by atoms with E-state index >= 15 is 0 Å². The first-order chi connectivity index (χ1) is 6.77. The molecule has 1 aromatic carbocycles. The number of ether oxygens (including phenoxy) is 1. The third kappa shape index (κ3) is 1.16. The number of methoxy groups -OCH3 is 1. The van der Waals surface area contributed by atoms with Gasteiger partial charge in [0.1, 0.15) is 12.0 Å². The third-order valence-corrected chi connectivity index (χ3v) is 2.68. The number of nitrogens with zero attached hydrogens (tertiary/aromatic N) is 1. The summed E-state index contributed by atoms with van der Waals surface area (Å²) < 4.78 is 5.25. The maximum Gasteiger partial charge on any atom is 0.129 e. The van der Waals surface area contributed by atoms with Gasteiger partial charge < -0.3 is 14.4 Å². The second-order valence-corrected chi connectivity index (χ2v) is 3.52. The lowest BCUT2D eigenvalue weighted by atomic mass is 10.0. The molecule has 1 atom stereocenters. The van der Waals surface area contributed by atoms with Gasteiger partial charge in [-0.25, -0.2) is 0 Å². The maximum atomic E-state index is 10.9. The third-order valence-electron chi connectivity index (χ3n) is 2.68. The van der Waals surface area contributed by atoms with E-state index in [9.17, 15) is 4.79 Å². The van der Waals surface area contributed by atoms with Crippen LogP contribution >= 0.6 is 0 Å². The van der Waals surface area contributed by atoms with Gasteiger partial charge in [-0.15, -0.1) is 0 Å². The van der Waals surface area contributed by atoms with Crippen molar-refractivity contribution in [3.63, 3.8) is 0 Å². The molecule has 0 fully saturated rings. The van der Waals surface area contributed by atoms with Crippen molar-refractivity contribution in [2.75, 3.05) is 25.6 Å². The fourth-order valence-electron chi connectivity index (χ4n) is 2.01. The molecule has 3 heteroatoms. The number of rotatable bonds is 2. The molecule has 14 heavy (non-hydrogen) atoms. The van der Waals surface area contributed by atoms with Gasteiger partial charge in [-0.1, -0.05) is 6.07 Å². The van der Waals surface area contributed by atoms with Crippen LogP contribution in [0.4, 0.5) is 5.69 Å². The lowest BCUT2D eigenvalue weighted by Crippen LogP contribution is -2.15. The highest BCUT2D eigenvalue weighted by molar-refractivity contribution is 5.77. The van der Waals surface area contributed by atoms with Crippen molar-refractivity contribution in [2.45, 2.75) is 5.92 Å². The van der Waals surface area contributed by atoms with Crippen LogP contribution in [-0.2, 0) is 4.79 Å². The van der Waals surface area contributed by atoms with Crippen molar-refractivity contribution in [1.29, 1.82) is 0 Å². The van der Waals surface area contributed by atoms with E-state index in [2.05, 4.69) is 4.90 Å². The smallest absolute Gasteiger partial charge is 0.129 e. The Labute approximate surface area is 83.3 Å². The standard InChI is InChI=1S/C11H13NO2/c1-12-6-8(7-13)11-9(12)4-3-5-10(11)14-2/h3-5,7-8H,6H2,1-2H3. The Hall–Kier alpha value is -1.51. The second kappa shape index (κ2) is 3.33. The lowest BCUT2D eigenvalue weighted by Gasteiger charge is -2.11. The fourth-order valence-corrected chi connectivity index (χ4v) is 2.01. The monoisotopic (exact) mass is 191 g/mol. The Kier molecular flexibility index (Phi) is 2.15. The molecule has 0 spiro atoms. The molecular weight excluding hydrogens is 178 g/mol. The molecule has 1 aliphatic heterocycles. The number of carbonyl (C=O) groups excluding carboxylic acids is 1. The van der Waals surface area contributed by atoms with Gasteiger partial charge in [0.15, 0.2) is 0 Å². The van der Waals surface area contributed by atoms with Gasteiger partial charge in [0.25, 0.3) is 0 Å². The number of benzene rings is 1. The molecule has 0 amide bonds. The topological polar surface area (TPSA) is 29.5 Å². The van der Waals surface area contributed by atoms with Crippen molar-refractivity contribution < 1.29 is 9.53 Å². The van der Waals surface area contributed by atoms with Crippen LogP contribution in [0.1, 0.15) is 11.5 Å². The zero-order valence-corrected chi connectivity index (χ0v) is 8.36. The predicted molar refractivity (Wildman–Crippen MR) is 55.1 cm³/mol. The molecule has 1 aliphatic rings.